The monoisotopic (exact) mass is 303 g/mol. The molecule has 2 N–H and O–H groups in total. The molecule has 1 aromatic carbocycles. The Morgan fingerprint density at radius 3 is 2.78 bits per heavy atom. The van der Waals surface area contributed by atoms with E-state index in [-0.39, 0.29) is 5.69 Å². The molecule has 0 spiro atoms. The second kappa shape index (κ2) is 5.07. The van der Waals surface area contributed by atoms with Gasteiger partial charge in [0.15, 0.2) is 5.69 Å². The smallest absolute Gasteiger partial charge is 0.220 e. The molecule has 1 heterocycles. The normalized spacial score (nSPS) is 9.83. The Bertz CT molecular complexity index is 635. The molecular formula is C13H10BrN3O. The highest BCUT2D eigenvalue weighted by atomic mass is 79.9. The molecule has 2 rings (SSSR count). The average molecular weight is 304 g/mol. The minimum Gasteiger partial charge on any atom is -0.439 e. The van der Waals surface area contributed by atoms with Gasteiger partial charge >= 0.3 is 0 Å². The molecule has 2 aromatic rings. The third-order valence-corrected chi connectivity index (χ3v) is 2.85. The van der Waals surface area contributed by atoms with Gasteiger partial charge < -0.3 is 10.5 Å². The van der Waals surface area contributed by atoms with Gasteiger partial charge in [-0.25, -0.2) is 4.98 Å². The van der Waals surface area contributed by atoms with Crippen LogP contribution >= 0.6 is 15.9 Å². The molecule has 0 unspecified atom stereocenters. The van der Waals surface area contributed by atoms with Crippen LogP contribution in [0.2, 0.25) is 0 Å². The number of nitrogens with zero attached hydrogens (tertiary/aromatic N) is 2. The lowest BCUT2D eigenvalue weighted by Crippen LogP contribution is -1.96. The fourth-order valence-corrected chi connectivity index (χ4v) is 1.91. The van der Waals surface area contributed by atoms with Crippen molar-refractivity contribution < 1.29 is 4.74 Å². The van der Waals surface area contributed by atoms with Crippen molar-refractivity contribution in [2.45, 2.75) is 6.92 Å². The van der Waals surface area contributed by atoms with Gasteiger partial charge in [-0.2, -0.15) is 5.26 Å². The Balaban J connectivity index is 2.32. The maximum Gasteiger partial charge on any atom is 0.220 e. The highest BCUT2D eigenvalue weighted by Crippen LogP contribution is 2.27. The molecule has 18 heavy (non-hydrogen) atoms. The zero-order valence-corrected chi connectivity index (χ0v) is 11.2. The summed E-state index contributed by atoms with van der Waals surface area (Å²) in [5.74, 6) is 1.05. The van der Waals surface area contributed by atoms with Crippen LogP contribution in [0.4, 0.5) is 5.69 Å². The van der Waals surface area contributed by atoms with Crippen LogP contribution in [-0.2, 0) is 0 Å². The fourth-order valence-electron chi connectivity index (χ4n) is 1.44. The Morgan fingerprint density at radius 1 is 1.33 bits per heavy atom. The molecule has 1 aromatic heterocycles. The van der Waals surface area contributed by atoms with Crippen molar-refractivity contribution in [3.8, 4) is 17.7 Å². The Morgan fingerprint density at radius 2 is 2.11 bits per heavy atom. The van der Waals surface area contributed by atoms with Crippen molar-refractivity contribution in [3.63, 3.8) is 0 Å². The maximum absolute atomic E-state index is 8.85. The summed E-state index contributed by atoms with van der Waals surface area (Å²) in [4.78, 5) is 4.03. The third-order valence-electron chi connectivity index (χ3n) is 2.36. The van der Waals surface area contributed by atoms with Crippen molar-refractivity contribution in [3.05, 3.63) is 46.1 Å². The van der Waals surface area contributed by atoms with Crippen LogP contribution in [0.3, 0.4) is 0 Å². The van der Waals surface area contributed by atoms with Crippen molar-refractivity contribution in [1.82, 2.24) is 4.98 Å². The van der Waals surface area contributed by atoms with E-state index in [1.54, 1.807) is 12.1 Å². The number of aromatic nitrogens is 1. The van der Waals surface area contributed by atoms with E-state index in [1.165, 1.54) is 0 Å². The van der Waals surface area contributed by atoms with Gasteiger partial charge in [0, 0.05) is 10.5 Å². The van der Waals surface area contributed by atoms with E-state index in [2.05, 4.69) is 20.9 Å². The first-order chi connectivity index (χ1) is 8.60. The topological polar surface area (TPSA) is 71.9 Å². The van der Waals surface area contributed by atoms with Crippen molar-refractivity contribution >= 4 is 21.6 Å². The summed E-state index contributed by atoms with van der Waals surface area (Å²) >= 11 is 3.38. The summed E-state index contributed by atoms with van der Waals surface area (Å²) in [6.45, 7) is 1.93. The van der Waals surface area contributed by atoms with Gasteiger partial charge in [-0.3, -0.25) is 0 Å². The van der Waals surface area contributed by atoms with Crippen molar-refractivity contribution in [2.75, 3.05) is 5.73 Å². The molecule has 0 amide bonds. The Hall–Kier alpha value is -2.06. The lowest BCUT2D eigenvalue weighted by Gasteiger charge is -2.08. The molecule has 0 atom stereocenters. The van der Waals surface area contributed by atoms with Gasteiger partial charge in [0.2, 0.25) is 5.88 Å². The lowest BCUT2D eigenvalue weighted by molar-refractivity contribution is 0.459. The number of nitriles is 1. The molecule has 90 valence electrons. The van der Waals surface area contributed by atoms with Crippen LogP contribution in [0.15, 0.2) is 34.8 Å². The number of nitrogen functional groups attached to an aromatic ring is 1. The van der Waals surface area contributed by atoms with Crippen LogP contribution in [0, 0.1) is 18.3 Å². The summed E-state index contributed by atoms with van der Waals surface area (Å²) in [5.41, 5.74) is 7.08. The molecule has 0 bridgehead atoms. The molecule has 0 fully saturated rings. The number of aryl methyl sites for hydroxylation is 1. The molecule has 0 saturated heterocycles. The highest BCUT2D eigenvalue weighted by molar-refractivity contribution is 9.10. The molecular weight excluding hydrogens is 294 g/mol. The molecule has 0 aliphatic heterocycles. The third kappa shape index (κ3) is 2.60. The minimum absolute atomic E-state index is 0.169. The molecule has 0 aliphatic carbocycles. The maximum atomic E-state index is 8.85. The number of ether oxygens (including phenoxy) is 1. The van der Waals surface area contributed by atoms with Crippen LogP contribution in [0.5, 0.6) is 11.6 Å². The Labute approximate surface area is 113 Å². The number of hydrogen-bond acceptors (Lipinski definition) is 4. The number of nitrogens with two attached hydrogens (primary N) is 1. The van der Waals surface area contributed by atoms with Crippen LogP contribution < -0.4 is 10.5 Å². The van der Waals surface area contributed by atoms with E-state index in [9.17, 15) is 0 Å². The van der Waals surface area contributed by atoms with Crippen LogP contribution in [-0.4, -0.2) is 4.98 Å². The summed E-state index contributed by atoms with van der Waals surface area (Å²) in [7, 11) is 0. The van der Waals surface area contributed by atoms with Gasteiger partial charge in [-0.1, -0.05) is 15.9 Å². The number of anilines is 1. The Kier molecular flexibility index (Phi) is 3.49. The standard InChI is InChI=1S/C13H10BrN3O/c1-8-6-9(14)2-4-12(8)18-13-5-3-10(16)11(7-15)17-13/h2-6H,16H2,1H3. The molecule has 0 radical (unpaired) electrons. The van der Waals surface area contributed by atoms with Gasteiger partial charge in [0.1, 0.15) is 11.8 Å². The summed E-state index contributed by atoms with van der Waals surface area (Å²) in [6, 6.07) is 10.8. The summed E-state index contributed by atoms with van der Waals surface area (Å²) in [6.07, 6.45) is 0. The first kappa shape index (κ1) is 12.4. The zero-order chi connectivity index (χ0) is 13.1. The van der Waals surface area contributed by atoms with Crippen LogP contribution in [0.1, 0.15) is 11.3 Å². The van der Waals surface area contributed by atoms with E-state index in [1.807, 2.05) is 31.2 Å². The summed E-state index contributed by atoms with van der Waals surface area (Å²) < 4.78 is 6.60. The molecule has 0 saturated carbocycles. The van der Waals surface area contributed by atoms with Crippen LogP contribution in [0.25, 0.3) is 0 Å². The van der Waals surface area contributed by atoms with E-state index in [0.29, 0.717) is 17.3 Å². The second-order valence-corrected chi connectivity index (χ2v) is 4.63. The van der Waals surface area contributed by atoms with E-state index < -0.39 is 0 Å². The SMILES string of the molecule is Cc1cc(Br)ccc1Oc1ccc(N)c(C#N)n1. The number of benzene rings is 1. The van der Waals surface area contributed by atoms with E-state index in [4.69, 9.17) is 15.7 Å². The zero-order valence-electron chi connectivity index (χ0n) is 9.64. The lowest BCUT2D eigenvalue weighted by atomic mass is 10.2. The van der Waals surface area contributed by atoms with Gasteiger partial charge in [0.25, 0.3) is 0 Å². The first-order valence-electron chi connectivity index (χ1n) is 5.21. The minimum atomic E-state index is 0.169. The number of pyridine rings is 1. The second-order valence-electron chi connectivity index (χ2n) is 3.71. The fraction of sp³-hybridized carbons (Fsp3) is 0.0769. The van der Waals surface area contributed by atoms with Gasteiger partial charge in [-0.05, 0) is 36.8 Å². The molecule has 5 heteroatoms. The van der Waals surface area contributed by atoms with Crippen molar-refractivity contribution in [2.24, 2.45) is 0 Å². The number of rotatable bonds is 2. The molecule has 4 nitrogen and oxygen atoms in total. The average Bonchev–Trinajstić information content (AvgIpc) is 2.35. The number of hydrogen-bond donors (Lipinski definition) is 1. The largest absolute Gasteiger partial charge is 0.439 e. The van der Waals surface area contributed by atoms with Crippen molar-refractivity contribution in [1.29, 1.82) is 5.26 Å². The van der Waals surface area contributed by atoms with Gasteiger partial charge in [-0.15, -0.1) is 0 Å². The van der Waals surface area contributed by atoms with E-state index >= 15 is 0 Å². The quantitative estimate of drug-likeness (QED) is 0.923. The predicted octanol–water partition coefficient (Wildman–Crippen LogP) is 3.40. The van der Waals surface area contributed by atoms with Gasteiger partial charge in [0.05, 0.1) is 5.69 Å². The summed E-state index contributed by atoms with van der Waals surface area (Å²) in [5, 5.41) is 8.85. The highest BCUT2D eigenvalue weighted by Gasteiger charge is 2.06. The first-order valence-corrected chi connectivity index (χ1v) is 6.00. The number of halogens is 1. The predicted molar refractivity (Wildman–Crippen MR) is 72.3 cm³/mol. The molecule has 0 aliphatic rings. The van der Waals surface area contributed by atoms with E-state index in [0.717, 1.165) is 10.0 Å².